The van der Waals surface area contributed by atoms with Crippen molar-refractivity contribution in [2.24, 2.45) is 0 Å². The van der Waals surface area contributed by atoms with Crippen LogP contribution in [0.1, 0.15) is 42.5 Å². The van der Waals surface area contributed by atoms with Gasteiger partial charge in [0.2, 0.25) is 0 Å². The summed E-state index contributed by atoms with van der Waals surface area (Å²) in [4.78, 5) is 29.5. The maximum Gasteiger partial charge on any atom is 0.357 e. The van der Waals surface area contributed by atoms with E-state index in [0.717, 1.165) is 44.1 Å². The number of benzene rings is 1. The SMILES string of the molecule is CCc1c(C(=O)OC(C)C)ncc2[nH]c3ccc4ncc(C)nc4c3c12. The summed E-state index contributed by atoms with van der Waals surface area (Å²) in [5.41, 5.74) is 5.59. The summed E-state index contributed by atoms with van der Waals surface area (Å²) in [5.74, 6) is -0.393. The number of fused-ring (bicyclic) bond motifs is 5. The Morgan fingerprint density at radius 1 is 1.15 bits per heavy atom. The molecule has 6 heteroatoms. The lowest BCUT2D eigenvalue weighted by Gasteiger charge is -2.11. The maximum atomic E-state index is 12.5. The van der Waals surface area contributed by atoms with Gasteiger partial charge in [-0.25, -0.2) is 14.8 Å². The number of aryl methyl sites for hydroxylation is 2. The monoisotopic (exact) mass is 348 g/mol. The molecule has 0 unspecified atom stereocenters. The molecule has 4 rings (SSSR count). The second-order valence-corrected chi connectivity index (χ2v) is 6.67. The Kier molecular flexibility index (Phi) is 3.83. The molecule has 3 aromatic heterocycles. The number of esters is 1. The summed E-state index contributed by atoms with van der Waals surface area (Å²) < 4.78 is 5.38. The van der Waals surface area contributed by atoms with E-state index in [2.05, 4.69) is 15.0 Å². The smallest absolute Gasteiger partial charge is 0.357 e. The Bertz CT molecular complexity index is 1160. The molecule has 26 heavy (non-hydrogen) atoms. The van der Waals surface area contributed by atoms with Crippen LogP contribution in [0.25, 0.3) is 32.8 Å². The molecule has 0 saturated carbocycles. The lowest BCUT2D eigenvalue weighted by Crippen LogP contribution is -2.15. The summed E-state index contributed by atoms with van der Waals surface area (Å²) in [5, 5.41) is 1.95. The Hall–Kier alpha value is -3.02. The van der Waals surface area contributed by atoms with Gasteiger partial charge in [-0.1, -0.05) is 6.92 Å². The van der Waals surface area contributed by atoms with Gasteiger partial charge in [0.1, 0.15) is 0 Å². The molecular weight excluding hydrogens is 328 g/mol. The molecule has 0 spiro atoms. The first-order valence-electron chi connectivity index (χ1n) is 8.76. The van der Waals surface area contributed by atoms with Gasteiger partial charge in [0.25, 0.3) is 0 Å². The van der Waals surface area contributed by atoms with Crippen LogP contribution in [0.2, 0.25) is 0 Å². The van der Waals surface area contributed by atoms with Crippen molar-refractivity contribution in [3.8, 4) is 0 Å². The molecule has 0 bridgehead atoms. The highest BCUT2D eigenvalue weighted by atomic mass is 16.5. The van der Waals surface area contributed by atoms with Gasteiger partial charge in [-0.05, 0) is 44.9 Å². The van der Waals surface area contributed by atoms with Crippen LogP contribution in [0.5, 0.6) is 0 Å². The average molecular weight is 348 g/mol. The molecule has 0 aliphatic heterocycles. The van der Waals surface area contributed by atoms with E-state index in [0.29, 0.717) is 12.1 Å². The molecule has 0 aliphatic rings. The van der Waals surface area contributed by atoms with Crippen LogP contribution >= 0.6 is 0 Å². The van der Waals surface area contributed by atoms with Crippen LogP contribution in [-0.4, -0.2) is 32.0 Å². The lowest BCUT2D eigenvalue weighted by molar-refractivity contribution is 0.0370. The molecule has 4 aromatic rings. The van der Waals surface area contributed by atoms with E-state index >= 15 is 0 Å². The predicted octanol–water partition coefficient (Wildman–Crippen LogP) is 4.10. The number of aromatic amines is 1. The number of hydrogen-bond donors (Lipinski definition) is 1. The van der Waals surface area contributed by atoms with Crippen molar-refractivity contribution >= 4 is 38.8 Å². The molecule has 0 fully saturated rings. The van der Waals surface area contributed by atoms with E-state index in [1.54, 1.807) is 12.4 Å². The molecule has 3 heterocycles. The molecule has 1 aromatic carbocycles. The fourth-order valence-electron chi connectivity index (χ4n) is 3.39. The maximum absolute atomic E-state index is 12.5. The van der Waals surface area contributed by atoms with Gasteiger partial charge in [-0.2, -0.15) is 0 Å². The zero-order chi connectivity index (χ0) is 18.4. The van der Waals surface area contributed by atoms with E-state index in [-0.39, 0.29) is 6.10 Å². The molecule has 0 saturated heterocycles. The molecule has 132 valence electrons. The van der Waals surface area contributed by atoms with Gasteiger partial charge in [0, 0.05) is 22.5 Å². The molecule has 0 aliphatic carbocycles. The molecule has 0 atom stereocenters. The van der Waals surface area contributed by atoms with Crippen LogP contribution in [0.4, 0.5) is 0 Å². The number of carbonyl (C=O) groups is 1. The van der Waals surface area contributed by atoms with Crippen molar-refractivity contribution in [1.82, 2.24) is 19.9 Å². The molecule has 0 radical (unpaired) electrons. The Morgan fingerprint density at radius 2 is 1.96 bits per heavy atom. The summed E-state index contributed by atoms with van der Waals surface area (Å²) in [7, 11) is 0. The van der Waals surface area contributed by atoms with Gasteiger partial charge in [0.05, 0.1) is 34.5 Å². The van der Waals surface area contributed by atoms with E-state index < -0.39 is 5.97 Å². The predicted molar refractivity (Wildman–Crippen MR) is 101 cm³/mol. The lowest BCUT2D eigenvalue weighted by atomic mass is 10.0. The zero-order valence-corrected chi connectivity index (χ0v) is 15.3. The topological polar surface area (TPSA) is 80.8 Å². The third kappa shape index (κ3) is 2.49. The Morgan fingerprint density at radius 3 is 2.69 bits per heavy atom. The quantitative estimate of drug-likeness (QED) is 0.564. The minimum Gasteiger partial charge on any atom is -0.458 e. The second-order valence-electron chi connectivity index (χ2n) is 6.67. The average Bonchev–Trinajstić information content (AvgIpc) is 2.99. The zero-order valence-electron chi connectivity index (χ0n) is 15.3. The van der Waals surface area contributed by atoms with Crippen molar-refractivity contribution in [1.29, 1.82) is 0 Å². The van der Waals surface area contributed by atoms with Crippen LogP contribution < -0.4 is 0 Å². The third-order valence-corrected chi connectivity index (χ3v) is 4.42. The molecular formula is C20H20N4O2. The fourth-order valence-corrected chi connectivity index (χ4v) is 3.39. The summed E-state index contributed by atoms with van der Waals surface area (Å²) in [6.07, 6.45) is 3.93. The molecule has 0 amide bonds. The molecule has 6 nitrogen and oxygen atoms in total. The first kappa shape index (κ1) is 16.4. The number of carbonyl (C=O) groups excluding carboxylic acids is 1. The molecule has 1 N–H and O–H groups in total. The highest BCUT2D eigenvalue weighted by Gasteiger charge is 2.21. The van der Waals surface area contributed by atoms with Gasteiger partial charge >= 0.3 is 5.97 Å². The number of hydrogen-bond acceptors (Lipinski definition) is 5. The van der Waals surface area contributed by atoms with E-state index in [1.807, 2.05) is 39.8 Å². The number of pyridine rings is 1. The van der Waals surface area contributed by atoms with E-state index in [1.165, 1.54) is 0 Å². The van der Waals surface area contributed by atoms with Crippen molar-refractivity contribution in [2.75, 3.05) is 0 Å². The summed E-state index contributed by atoms with van der Waals surface area (Å²) >= 11 is 0. The number of rotatable bonds is 3. The normalized spacial score (nSPS) is 11.7. The van der Waals surface area contributed by atoms with Gasteiger partial charge in [-0.15, -0.1) is 0 Å². The van der Waals surface area contributed by atoms with E-state index in [9.17, 15) is 4.79 Å². The largest absolute Gasteiger partial charge is 0.458 e. The fraction of sp³-hybridized carbons (Fsp3) is 0.300. The summed E-state index contributed by atoms with van der Waals surface area (Å²) in [6.45, 7) is 7.61. The number of aromatic nitrogens is 4. The first-order chi connectivity index (χ1) is 12.5. The van der Waals surface area contributed by atoms with Crippen molar-refractivity contribution in [2.45, 2.75) is 40.2 Å². The van der Waals surface area contributed by atoms with Crippen LogP contribution in [-0.2, 0) is 11.2 Å². The highest BCUT2D eigenvalue weighted by molar-refractivity contribution is 6.20. The second kappa shape index (κ2) is 6.05. The van der Waals surface area contributed by atoms with Gasteiger partial charge in [-0.3, -0.25) is 4.98 Å². The van der Waals surface area contributed by atoms with Gasteiger partial charge < -0.3 is 9.72 Å². The third-order valence-electron chi connectivity index (χ3n) is 4.42. The Balaban J connectivity index is 2.12. The highest BCUT2D eigenvalue weighted by Crippen LogP contribution is 2.34. The van der Waals surface area contributed by atoms with Crippen molar-refractivity contribution < 1.29 is 9.53 Å². The summed E-state index contributed by atoms with van der Waals surface area (Å²) in [6, 6.07) is 3.94. The Labute approximate surface area is 150 Å². The minimum absolute atomic E-state index is 0.193. The first-order valence-corrected chi connectivity index (χ1v) is 8.76. The standard InChI is InChI=1S/C20H20N4O2/c1-5-12-16-15(9-22-18(12)20(25)26-10(2)3)24-13-6-7-14-19(17(13)16)23-11(4)8-21-14/h6-10,24H,5H2,1-4H3. The van der Waals surface area contributed by atoms with Crippen LogP contribution in [0.3, 0.4) is 0 Å². The number of ether oxygens (including phenoxy) is 1. The number of nitrogens with one attached hydrogen (secondary N) is 1. The minimum atomic E-state index is -0.393. The van der Waals surface area contributed by atoms with Crippen LogP contribution in [0.15, 0.2) is 24.5 Å². The van der Waals surface area contributed by atoms with Crippen LogP contribution in [0, 0.1) is 6.92 Å². The van der Waals surface area contributed by atoms with Crippen molar-refractivity contribution in [3.05, 3.63) is 41.5 Å². The number of H-pyrrole nitrogens is 1. The number of nitrogens with zero attached hydrogens (tertiary/aromatic N) is 3. The van der Waals surface area contributed by atoms with Gasteiger partial charge in [0.15, 0.2) is 5.69 Å². The van der Waals surface area contributed by atoms with E-state index in [4.69, 9.17) is 9.72 Å². The van der Waals surface area contributed by atoms with Crippen molar-refractivity contribution in [3.63, 3.8) is 0 Å².